The molecule has 2 fully saturated rings. The number of aliphatic hydroxyl groups is 1. The summed E-state index contributed by atoms with van der Waals surface area (Å²) in [5.41, 5.74) is 2.50. The van der Waals surface area contributed by atoms with Crippen LogP contribution in [0.4, 0.5) is 0 Å². The van der Waals surface area contributed by atoms with Gasteiger partial charge in [0.05, 0.1) is 12.0 Å². The largest absolute Gasteiger partial charge is 0.395 e. The van der Waals surface area contributed by atoms with Crippen molar-refractivity contribution in [1.29, 1.82) is 0 Å². The summed E-state index contributed by atoms with van der Waals surface area (Å²) < 4.78 is 1.51. The minimum atomic E-state index is -0.301. The van der Waals surface area contributed by atoms with E-state index in [2.05, 4.69) is 25.4 Å². The summed E-state index contributed by atoms with van der Waals surface area (Å²) in [7, 11) is 0. The van der Waals surface area contributed by atoms with Gasteiger partial charge in [0.1, 0.15) is 6.33 Å². The molecule has 186 valence electrons. The van der Waals surface area contributed by atoms with Crippen molar-refractivity contribution in [3.63, 3.8) is 0 Å². The van der Waals surface area contributed by atoms with E-state index in [-0.39, 0.29) is 23.7 Å². The Hall–Kier alpha value is -2.98. The number of hydrogen-bond donors (Lipinski definition) is 1. The Morgan fingerprint density at radius 2 is 2.00 bits per heavy atom. The van der Waals surface area contributed by atoms with E-state index < -0.39 is 0 Å². The Morgan fingerprint density at radius 3 is 2.69 bits per heavy atom. The van der Waals surface area contributed by atoms with Gasteiger partial charge in [-0.25, -0.2) is 4.98 Å². The Balaban J connectivity index is 1.23. The third kappa shape index (κ3) is 4.64. The van der Waals surface area contributed by atoms with Gasteiger partial charge in [0.25, 0.3) is 0 Å². The molecule has 0 atom stereocenters. The summed E-state index contributed by atoms with van der Waals surface area (Å²) in [5.74, 6) is 1.06. The molecule has 1 saturated heterocycles. The fourth-order valence-corrected chi connectivity index (χ4v) is 6.02. The van der Waals surface area contributed by atoms with E-state index in [1.807, 2.05) is 30.2 Å². The minimum absolute atomic E-state index is 0.0892. The van der Waals surface area contributed by atoms with Crippen LogP contribution in [0.3, 0.4) is 0 Å². The maximum absolute atomic E-state index is 13.6. The fraction of sp³-hybridized carbons (Fsp3) is 0.600. The van der Waals surface area contributed by atoms with Crippen molar-refractivity contribution in [2.45, 2.75) is 70.9 Å². The molecule has 1 amide bonds. The highest BCUT2D eigenvalue weighted by molar-refractivity contribution is 5.97. The van der Waals surface area contributed by atoms with Crippen LogP contribution in [-0.2, 0) is 16.1 Å². The van der Waals surface area contributed by atoms with Crippen LogP contribution < -0.4 is 0 Å². The number of aromatic nitrogens is 5. The van der Waals surface area contributed by atoms with Gasteiger partial charge in [-0.3, -0.25) is 14.5 Å². The van der Waals surface area contributed by atoms with Gasteiger partial charge in [-0.2, -0.15) is 4.68 Å². The number of tetrazole rings is 1. The van der Waals surface area contributed by atoms with Crippen molar-refractivity contribution < 1.29 is 14.7 Å². The molecule has 1 saturated carbocycles. The van der Waals surface area contributed by atoms with Gasteiger partial charge in [-0.1, -0.05) is 6.07 Å². The molecule has 2 aromatic rings. The van der Waals surface area contributed by atoms with E-state index in [9.17, 15) is 14.7 Å². The van der Waals surface area contributed by atoms with Crippen molar-refractivity contribution >= 4 is 11.7 Å². The predicted molar refractivity (Wildman–Crippen MR) is 127 cm³/mol. The summed E-state index contributed by atoms with van der Waals surface area (Å²) in [5, 5.41) is 20.9. The van der Waals surface area contributed by atoms with E-state index in [4.69, 9.17) is 0 Å². The number of pyridine rings is 1. The van der Waals surface area contributed by atoms with Crippen molar-refractivity contribution in [3.05, 3.63) is 41.5 Å². The zero-order valence-corrected chi connectivity index (χ0v) is 20.3. The molecule has 35 heavy (non-hydrogen) atoms. The van der Waals surface area contributed by atoms with Crippen LogP contribution in [0, 0.1) is 5.41 Å². The minimum Gasteiger partial charge on any atom is -0.395 e. The smallest absolute Gasteiger partial charge is 0.233 e. The first-order chi connectivity index (χ1) is 17.0. The average Bonchev–Trinajstić information content (AvgIpc) is 3.51. The number of rotatable bonds is 7. The van der Waals surface area contributed by atoms with Crippen molar-refractivity contribution in [2.75, 3.05) is 19.7 Å². The van der Waals surface area contributed by atoms with Crippen LogP contribution >= 0.6 is 0 Å². The number of carbonyl (C=O) groups is 2. The van der Waals surface area contributed by atoms with Crippen LogP contribution in [0.15, 0.2) is 35.9 Å². The quantitative estimate of drug-likeness (QED) is 0.641. The highest BCUT2D eigenvalue weighted by Gasteiger charge is 2.50. The van der Waals surface area contributed by atoms with Crippen LogP contribution in [0.2, 0.25) is 0 Å². The first-order valence-electron chi connectivity index (χ1n) is 12.6. The van der Waals surface area contributed by atoms with E-state index in [0.717, 1.165) is 68.3 Å². The molecule has 2 aliphatic carbocycles. The monoisotopic (exact) mass is 479 g/mol. The molecular formula is C25H33N7O3. The second kappa shape index (κ2) is 9.94. The Morgan fingerprint density at radius 1 is 1.17 bits per heavy atom. The SMILES string of the molecule is CC1=C(N2CCC3(CCC(N(CCO)Cc4ccc(-n5cnnn5)nc4)CC3)C2=O)CCCC1=O. The molecule has 3 aliphatic rings. The number of likely N-dealkylation sites (tertiary alicyclic amines) is 1. The number of carbonyl (C=O) groups excluding carboxylic acids is 2. The predicted octanol–water partition coefficient (Wildman–Crippen LogP) is 2.04. The molecule has 0 bridgehead atoms. The first-order valence-corrected chi connectivity index (χ1v) is 12.6. The summed E-state index contributed by atoms with van der Waals surface area (Å²) in [6.07, 6.45) is 10.0. The third-order valence-corrected chi connectivity index (χ3v) is 8.10. The zero-order chi connectivity index (χ0) is 24.4. The van der Waals surface area contributed by atoms with Gasteiger partial charge in [-0.15, -0.1) is 5.10 Å². The van der Waals surface area contributed by atoms with Crippen LogP contribution in [0.25, 0.3) is 5.82 Å². The van der Waals surface area contributed by atoms with Gasteiger partial charge in [-0.05, 0) is 73.9 Å². The Labute approximate surface area is 205 Å². The molecule has 0 aromatic carbocycles. The first kappa shape index (κ1) is 23.7. The average molecular weight is 480 g/mol. The van der Waals surface area contributed by atoms with Gasteiger partial charge in [0.15, 0.2) is 11.6 Å². The molecular weight excluding hydrogens is 446 g/mol. The lowest BCUT2D eigenvalue weighted by Gasteiger charge is -2.41. The van der Waals surface area contributed by atoms with Crippen LogP contribution in [-0.4, -0.2) is 77.5 Å². The van der Waals surface area contributed by atoms with E-state index in [1.165, 1.54) is 11.0 Å². The highest BCUT2D eigenvalue weighted by atomic mass is 16.3. The van der Waals surface area contributed by atoms with Gasteiger partial charge >= 0.3 is 0 Å². The standard InChI is InChI=1S/C25H33N7O3/c1-18-21(3-2-4-22(18)34)31-12-11-25(24(31)35)9-7-20(8-10-25)30(13-14-33)16-19-5-6-23(26-15-19)32-17-27-28-29-32/h5-6,15,17,20,33H,2-4,7-14,16H2,1H3. The highest BCUT2D eigenvalue weighted by Crippen LogP contribution is 2.47. The molecule has 3 heterocycles. The van der Waals surface area contributed by atoms with Gasteiger partial charge in [0.2, 0.25) is 5.91 Å². The molecule has 0 unspecified atom stereocenters. The van der Waals surface area contributed by atoms with E-state index >= 15 is 0 Å². The fourth-order valence-electron chi connectivity index (χ4n) is 6.02. The van der Waals surface area contributed by atoms with E-state index in [0.29, 0.717) is 31.4 Å². The molecule has 1 aliphatic heterocycles. The number of Topliss-reactive ketones (excluding diaryl/α,β-unsaturated/α-hetero) is 1. The summed E-state index contributed by atoms with van der Waals surface area (Å²) >= 11 is 0. The lowest BCUT2D eigenvalue weighted by Crippen LogP contribution is -2.44. The molecule has 0 radical (unpaired) electrons. The Kier molecular flexibility index (Phi) is 6.75. The van der Waals surface area contributed by atoms with Crippen LogP contribution in [0.1, 0.15) is 63.9 Å². The number of nitrogens with zero attached hydrogens (tertiary/aromatic N) is 7. The Bertz CT molecular complexity index is 1090. The van der Waals surface area contributed by atoms with E-state index in [1.54, 1.807) is 0 Å². The number of aliphatic hydroxyl groups excluding tert-OH is 1. The van der Waals surface area contributed by atoms with Crippen LogP contribution in [0.5, 0.6) is 0 Å². The lowest BCUT2D eigenvalue weighted by atomic mass is 9.71. The number of amides is 1. The summed E-state index contributed by atoms with van der Waals surface area (Å²) in [6, 6.07) is 4.21. The normalized spacial score (nSPS) is 25.3. The summed E-state index contributed by atoms with van der Waals surface area (Å²) in [6.45, 7) is 3.97. The molecule has 1 N–H and O–H groups in total. The number of allylic oxidation sites excluding steroid dienone is 2. The third-order valence-electron chi connectivity index (χ3n) is 8.10. The summed E-state index contributed by atoms with van der Waals surface area (Å²) in [4.78, 5) is 34.5. The number of ketones is 1. The van der Waals surface area contributed by atoms with Gasteiger partial charge < -0.3 is 10.0 Å². The topological polar surface area (TPSA) is 117 Å². The molecule has 1 spiro atoms. The van der Waals surface area contributed by atoms with Crippen molar-refractivity contribution in [3.8, 4) is 5.82 Å². The maximum Gasteiger partial charge on any atom is 0.233 e. The molecule has 10 heteroatoms. The van der Waals surface area contributed by atoms with Crippen molar-refractivity contribution in [2.24, 2.45) is 5.41 Å². The lowest BCUT2D eigenvalue weighted by molar-refractivity contribution is -0.137. The second-order valence-electron chi connectivity index (χ2n) is 10.0. The second-order valence-corrected chi connectivity index (χ2v) is 10.0. The van der Waals surface area contributed by atoms with Gasteiger partial charge in [0, 0.05) is 49.6 Å². The molecule has 5 rings (SSSR count). The maximum atomic E-state index is 13.6. The number of hydrogen-bond acceptors (Lipinski definition) is 8. The zero-order valence-electron chi connectivity index (χ0n) is 20.3. The molecule has 2 aromatic heterocycles. The van der Waals surface area contributed by atoms with Crippen molar-refractivity contribution in [1.82, 2.24) is 35.0 Å². The molecule has 10 nitrogen and oxygen atoms in total.